The average Bonchev–Trinajstić information content (AvgIpc) is 3.22. The topological polar surface area (TPSA) is 88.9 Å². The Hall–Kier alpha value is -3.56. The van der Waals surface area contributed by atoms with Crippen LogP contribution in [0.15, 0.2) is 24.5 Å². The van der Waals surface area contributed by atoms with E-state index in [0.717, 1.165) is 66.5 Å². The van der Waals surface area contributed by atoms with Crippen LogP contribution in [-0.4, -0.2) is 75.3 Å². The Balaban J connectivity index is 1.27. The second kappa shape index (κ2) is 8.99. The van der Waals surface area contributed by atoms with E-state index in [1.165, 1.54) is 6.42 Å². The zero-order valence-corrected chi connectivity index (χ0v) is 23.3. The van der Waals surface area contributed by atoms with Crippen molar-refractivity contribution in [2.45, 2.75) is 57.7 Å². The maximum Gasteiger partial charge on any atom is 0.229 e. The predicted molar refractivity (Wildman–Crippen MR) is 148 cm³/mol. The van der Waals surface area contributed by atoms with Crippen LogP contribution in [-0.2, 0) is 18.4 Å². The third-order valence-corrected chi connectivity index (χ3v) is 8.88. The molecular formula is C29H37N7O3. The zero-order chi connectivity index (χ0) is 26.9. The van der Waals surface area contributed by atoms with Crippen molar-refractivity contribution in [3.05, 3.63) is 30.1 Å². The van der Waals surface area contributed by atoms with Gasteiger partial charge >= 0.3 is 0 Å². The van der Waals surface area contributed by atoms with Crippen molar-refractivity contribution in [1.29, 1.82) is 0 Å². The van der Waals surface area contributed by atoms with Crippen LogP contribution in [0, 0.1) is 11.8 Å². The summed E-state index contributed by atoms with van der Waals surface area (Å²) in [4.78, 5) is 34.5. The van der Waals surface area contributed by atoms with Crippen LogP contribution >= 0.6 is 0 Å². The lowest BCUT2D eigenvalue weighted by Gasteiger charge is -2.52. The van der Waals surface area contributed by atoms with Gasteiger partial charge in [-0.25, -0.2) is 4.98 Å². The number of rotatable bonds is 3. The van der Waals surface area contributed by atoms with Crippen LogP contribution in [0.3, 0.4) is 0 Å². The van der Waals surface area contributed by atoms with Crippen molar-refractivity contribution in [3.63, 3.8) is 0 Å². The number of ether oxygens (including phenoxy) is 2. The lowest BCUT2D eigenvalue weighted by Crippen LogP contribution is -2.60. The molecule has 39 heavy (non-hydrogen) atoms. The highest BCUT2D eigenvalue weighted by molar-refractivity contribution is 5.85. The summed E-state index contributed by atoms with van der Waals surface area (Å²) in [6, 6.07) is 6.31. The van der Waals surface area contributed by atoms with Gasteiger partial charge in [0.15, 0.2) is 17.0 Å². The van der Waals surface area contributed by atoms with E-state index >= 15 is 0 Å². The Kier molecular flexibility index (Phi) is 5.64. The third kappa shape index (κ3) is 4.24. The highest BCUT2D eigenvalue weighted by Crippen LogP contribution is 2.41. The summed E-state index contributed by atoms with van der Waals surface area (Å²) in [7, 11) is 3.67. The molecule has 4 aliphatic rings. The number of carbonyl (C=O) groups is 1. The number of aromatic nitrogens is 4. The number of benzene rings is 1. The molecule has 206 valence electrons. The Bertz CT molecular complexity index is 1440. The quantitative estimate of drug-likeness (QED) is 0.508. The number of carbonyl (C=O) groups excluding carboxylic acids is 1. The van der Waals surface area contributed by atoms with Gasteiger partial charge in [0, 0.05) is 51.3 Å². The molecule has 0 aliphatic carbocycles. The standard InChI is InChI=1S/C29H37N7O3/c1-29(2)16-35(15-20-11-21(38-4)8-9-23(20)39-29)28-31-26-25(30-17-33(26)3)27(32-28)34-12-18-10-19(14-34)22-6-5-7-24(37)36(22)13-18/h8-9,11,17-19,22H,5-7,10,12-16H2,1-4H3/t18-,19+,22-/m0/s1. The molecule has 7 rings (SSSR count). The minimum Gasteiger partial charge on any atom is -0.497 e. The molecule has 0 N–H and O–H groups in total. The van der Waals surface area contributed by atoms with Crippen LogP contribution in [0.25, 0.3) is 11.2 Å². The maximum absolute atomic E-state index is 12.7. The molecule has 0 unspecified atom stereocenters. The molecule has 2 bridgehead atoms. The fourth-order valence-electron chi connectivity index (χ4n) is 7.22. The molecule has 3 aromatic rings. The van der Waals surface area contributed by atoms with Gasteiger partial charge in [-0.15, -0.1) is 0 Å². The summed E-state index contributed by atoms with van der Waals surface area (Å²) in [5, 5.41) is 0. The van der Waals surface area contributed by atoms with E-state index in [4.69, 9.17) is 24.4 Å². The number of hydrogen-bond acceptors (Lipinski definition) is 8. The Morgan fingerprint density at radius 1 is 1.13 bits per heavy atom. The van der Waals surface area contributed by atoms with E-state index in [2.05, 4.69) is 28.5 Å². The van der Waals surface area contributed by atoms with Crippen molar-refractivity contribution >= 4 is 28.8 Å². The molecular weight excluding hydrogens is 494 g/mol. The second-order valence-electron chi connectivity index (χ2n) is 12.3. The molecule has 0 spiro atoms. The molecule has 1 amide bonds. The first kappa shape index (κ1) is 24.5. The first-order valence-electron chi connectivity index (χ1n) is 14.1. The molecule has 3 atom stereocenters. The molecule has 3 fully saturated rings. The number of aryl methyl sites for hydroxylation is 1. The molecule has 0 radical (unpaired) electrons. The number of methoxy groups -OCH3 is 1. The summed E-state index contributed by atoms with van der Waals surface area (Å²) in [6.45, 7) is 8.08. The normalized spacial score (nSPS) is 26.1. The number of piperidine rings is 3. The number of amides is 1. The van der Waals surface area contributed by atoms with Crippen molar-refractivity contribution in [1.82, 2.24) is 24.4 Å². The van der Waals surface area contributed by atoms with Gasteiger partial charge < -0.3 is 28.7 Å². The Labute approximate surface area is 228 Å². The second-order valence-corrected chi connectivity index (χ2v) is 12.3. The number of hydrogen-bond donors (Lipinski definition) is 0. The molecule has 10 nitrogen and oxygen atoms in total. The van der Waals surface area contributed by atoms with Crippen LogP contribution < -0.4 is 19.3 Å². The first-order chi connectivity index (χ1) is 18.8. The minimum atomic E-state index is -0.441. The molecule has 0 saturated carbocycles. The van der Waals surface area contributed by atoms with Gasteiger partial charge in [-0.05, 0) is 63.1 Å². The van der Waals surface area contributed by atoms with Gasteiger partial charge in [0.2, 0.25) is 11.9 Å². The summed E-state index contributed by atoms with van der Waals surface area (Å²) in [6.07, 6.45) is 5.83. The number of imidazole rings is 1. The van der Waals surface area contributed by atoms with E-state index in [9.17, 15) is 4.79 Å². The maximum atomic E-state index is 12.7. The fraction of sp³-hybridized carbons (Fsp3) is 0.586. The van der Waals surface area contributed by atoms with E-state index in [1.54, 1.807) is 7.11 Å². The van der Waals surface area contributed by atoms with Crippen molar-refractivity contribution in [2.24, 2.45) is 18.9 Å². The van der Waals surface area contributed by atoms with Crippen molar-refractivity contribution < 1.29 is 14.3 Å². The molecule has 3 saturated heterocycles. The number of fused-ring (bicyclic) bond motifs is 6. The first-order valence-corrected chi connectivity index (χ1v) is 14.1. The smallest absolute Gasteiger partial charge is 0.229 e. The van der Waals surface area contributed by atoms with Gasteiger partial charge in [0.25, 0.3) is 0 Å². The van der Waals surface area contributed by atoms with E-state index in [-0.39, 0.29) is 0 Å². The SMILES string of the molecule is COc1ccc2c(c1)CN(c1nc(N3C[C@@H]4C[C@H](C3)[C@@H]3CCCC(=O)N3C4)c3ncn(C)c3n1)CC(C)(C)O2. The van der Waals surface area contributed by atoms with Crippen LogP contribution in [0.5, 0.6) is 11.5 Å². The lowest BCUT2D eigenvalue weighted by atomic mass is 9.76. The summed E-state index contributed by atoms with van der Waals surface area (Å²) in [5.41, 5.74) is 2.27. The van der Waals surface area contributed by atoms with E-state index < -0.39 is 5.60 Å². The largest absolute Gasteiger partial charge is 0.497 e. The predicted octanol–water partition coefficient (Wildman–Crippen LogP) is 3.39. The fourth-order valence-corrected chi connectivity index (χ4v) is 7.22. The van der Waals surface area contributed by atoms with Gasteiger partial charge in [-0.2, -0.15) is 9.97 Å². The molecule has 10 heteroatoms. The lowest BCUT2D eigenvalue weighted by molar-refractivity contribution is -0.142. The van der Waals surface area contributed by atoms with Crippen LogP contribution in [0.1, 0.15) is 45.1 Å². The van der Waals surface area contributed by atoms with E-state index in [1.807, 2.05) is 36.1 Å². The Morgan fingerprint density at radius 3 is 2.85 bits per heavy atom. The monoisotopic (exact) mass is 531 g/mol. The van der Waals surface area contributed by atoms with Gasteiger partial charge in [-0.3, -0.25) is 4.79 Å². The van der Waals surface area contributed by atoms with Crippen LogP contribution in [0.4, 0.5) is 11.8 Å². The van der Waals surface area contributed by atoms with Gasteiger partial charge in [0.05, 0.1) is 20.0 Å². The highest BCUT2D eigenvalue weighted by atomic mass is 16.5. The van der Waals surface area contributed by atoms with Gasteiger partial charge in [-0.1, -0.05) is 0 Å². The summed E-state index contributed by atoms with van der Waals surface area (Å²) >= 11 is 0. The minimum absolute atomic E-state index is 0.341. The van der Waals surface area contributed by atoms with Crippen LogP contribution in [0.2, 0.25) is 0 Å². The molecule has 2 aromatic heterocycles. The molecule has 6 heterocycles. The van der Waals surface area contributed by atoms with E-state index in [0.29, 0.717) is 49.2 Å². The summed E-state index contributed by atoms with van der Waals surface area (Å²) in [5.74, 6) is 4.49. The molecule has 1 aromatic carbocycles. The zero-order valence-electron chi connectivity index (χ0n) is 23.3. The highest BCUT2D eigenvalue weighted by Gasteiger charge is 2.44. The third-order valence-electron chi connectivity index (χ3n) is 8.88. The Morgan fingerprint density at radius 2 is 2.00 bits per heavy atom. The van der Waals surface area contributed by atoms with Crippen molar-refractivity contribution in [2.75, 3.05) is 43.1 Å². The van der Waals surface area contributed by atoms with Gasteiger partial charge in [0.1, 0.15) is 17.1 Å². The number of anilines is 2. The number of nitrogens with zero attached hydrogens (tertiary/aromatic N) is 7. The molecule has 4 aliphatic heterocycles. The average molecular weight is 532 g/mol. The summed E-state index contributed by atoms with van der Waals surface area (Å²) < 4.78 is 13.9. The van der Waals surface area contributed by atoms with Crippen molar-refractivity contribution in [3.8, 4) is 11.5 Å².